The van der Waals surface area contributed by atoms with Gasteiger partial charge in [-0.1, -0.05) is 115 Å². The van der Waals surface area contributed by atoms with Crippen molar-refractivity contribution in [2.24, 2.45) is 0 Å². The number of hydrogen-bond acceptors (Lipinski definition) is 2. The normalized spacial score (nSPS) is 11.8. The van der Waals surface area contributed by atoms with Crippen LogP contribution in [0.1, 0.15) is 0 Å². The fourth-order valence-electron chi connectivity index (χ4n) is 6.70. The molecule has 0 aliphatic heterocycles. The Hall–Kier alpha value is -5.18. The van der Waals surface area contributed by atoms with Crippen LogP contribution in [0.4, 0.5) is 17.1 Å². The molecule has 1 nitrogen and oxygen atoms in total. The second kappa shape index (κ2) is 9.17. The topological polar surface area (TPSA) is 3.24 Å². The van der Waals surface area contributed by atoms with Crippen molar-refractivity contribution in [1.29, 1.82) is 0 Å². The molecule has 0 saturated carbocycles. The molecule has 196 valence electrons. The van der Waals surface area contributed by atoms with Crippen LogP contribution in [0.2, 0.25) is 0 Å². The third kappa shape index (κ3) is 3.49. The van der Waals surface area contributed by atoms with E-state index in [1.807, 2.05) is 11.3 Å². The lowest BCUT2D eigenvalue weighted by atomic mass is 9.96. The number of thiophene rings is 1. The zero-order chi connectivity index (χ0) is 27.6. The zero-order valence-corrected chi connectivity index (χ0v) is 23.6. The first-order valence-electron chi connectivity index (χ1n) is 14.4. The van der Waals surface area contributed by atoms with Gasteiger partial charge in [0.05, 0.1) is 11.4 Å². The third-order valence-electron chi connectivity index (χ3n) is 8.59. The summed E-state index contributed by atoms with van der Waals surface area (Å²) in [5, 5.41) is 12.7. The molecule has 0 unspecified atom stereocenters. The molecular weight excluding hydrogens is 527 g/mol. The zero-order valence-electron chi connectivity index (χ0n) is 22.8. The quantitative estimate of drug-likeness (QED) is 0.197. The molecular formula is C40H25NS. The molecule has 0 aliphatic carbocycles. The van der Waals surface area contributed by atoms with Gasteiger partial charge in [0, 0.05) is 36.6 Å². The van der Waals surface area contributed by atoms with Crippen LogP contribution in [0.25, 0.3) is 63.3 Å². The van der Waals surface area contributed by atoms with Gasteiger partial charge in [-0.05, 0) is 68.7 Å². The Labute approximate surface area is 247 Å². The minimum absolute atomic E-state index is 1.16. The van der Waals surface area contributed by atoms with E-state index >= 15 is 0 Å². The number of nitrogens with zero attached hydrogens (tertiary/aromatic N) is 1. The lowest BCUT2D eigenvalue weighted by molar-refractivity contribution is 1.33. The predicted molar refractivity (Wildman–Crippen MR) is 184 cm³/mol. The third-order valence-corrected chi connectivity index (χ3v) is 9.74. The maximum atomic E-state index is 2.50. The maximum Gasteiger partial charge on any atom is 0.0546 e. The molecule has 2 heteroatoms. The standard InChI is InChI=1S/C40H25NS/c1-3-13-29-26(11-1)23-37(33-17-7-5-15-31(29)33)41(28-21-22-40-36(25-28)35-19-9-10-20-39(35)42-40)38-24-27-12-2-4-14-30(27)32-16-6-8-18-34(32)38/h1-25H. The van der Waals surface area contributed by atoms with Gasteiger partial charge in [0.15, 0.2) is 0 Å². The Morgan fingerprint density at radius 3 is 1.38 bits per heavy atom. The average Bonchev–Trinajstić information content (AvgIpc) is 3.43. The monoisotopic (exact) mass is 551 g/mol. The maximum absolute atomic E-state index is 2.50. The van der Waals surface area contributed by atoms with E-state index in [0.29, 0.717) is 0 Å². The summed E-state index contributed by atoms with van der Waals surface area (Å²) in [6, 6.07) is 55.7. The highest BCUT2D eigenvalue weighted by molar-refractivity contribution is 7.25. The molecule has 8 aromatic carbocycles. The van der Waals surface area contributed by atoms with Crippen molar-refractivity contribution >= 4 is 91.7 Å². The molecule has 0 fully saturated rings. The molecule has 42 heavy (non-hydrogen) atoms. The van der Waals surface area contributed by atoms with Gasteiger partial charge >= 0.3 is 0 Å². The Morgan fingerprint density at radius 1 is 0.333 bits per heavy atom. The number of hydrogen-bond donors (Lipinski definition) is 0. The molecule has 0 atom stereocenters. The van der Waals surface area contributed by atoms with Crippen molar-refractivity contribution in [3.63, 3.8) is 0 Å². The number of anilines is 3. The minimum atomic E-state index is 1.16. The Kier molecular flexibility index (Phi) is 5.13. The van der Waals surface area contributed by atoms with Crippen molar-refractivity contribution in [2.75, 3.05) is 4.90 Å². The minimum Gasteiger partial charge on any atom is -0.309 e. The molecule has 9 rings (SSSR count). The highest BCUT2D eigenvalue weighted by atomic mass is 32.1. The lowest BCUT2D eigenvalue weighted by Gasteiger charge is -2.29. The number of benzene rings is 8. The van der Waals surface area contributed by atoms with E-state index in [1.54, 1.807) is 0 Å². The van der Waals surface area contributed by atoms with Crippen LogP contribution in [0, 0.1) is 0 Å². The van der Waals surface area contributed by atoms with Gasteiger partial charge in [0.25, 0.3) is 0 Å². The fraction of sp³-hybridized carbons (Fsp3) is 0. The van der Waals surface area contributed by atoms with Crippen LogP contribution < -0.4 is 4.90 Å². The molecule has 1 aromatic heterocycles. The summed E-state index contributed by atoms with van der Waals surface area (Å²) < 4.78 is 2.63. The summed E-state index contributed by atoms with van der Waals surface area (Å²) in [4.78, 5) is 2.50. The van der Waals surface area contributed by atoms with Gasteiger partial charge < -0.3 is 4.90 Å². The smallest absolute Gasteiger partial charge is 0.0546 e. The molecule has 0 amide bonds. The van der Waals surface area contributed by atoms with Crippen LogP contribution in [-0.2, 0) is 0 Å². The summed E-state index contributed by atoms with van der Waals surface area (Å²) in [5.41, 5.74) is 3.53. The molecule has 9 aromatic rings. The van der Waals surface area contributed by atoms with Crippen molar-refractivity contribution in [3.8, 4) is 0 Å². The van der Waals surface area contributed by atoms with Gasteiger partial charge in [-0.2, -0.15) is 0 Å². The summed E-state index contributed by atoms with van der Waals surface area (Å²) >= 11 is 1.86. The van der Waals surface area contributed by atoms with Gasteiger partial charge in [0.2, 0.25) is 0 Å². The van der Waals surface area contributed by atoms with E-state index in [0.717, 1.165) is 5.69 Å². The van der Waals surface area contributed by atoms with Gasteiger partial charge in [-0.25, -0.2) is 0 Å². The number of rotatable bonds is 3. The fourth-order valence-corrected chi connectivity index (χ4v) is 7.79. The Bertz CT molecular complexity index is 2370. The highest BCUT2D eigenvalue weighted by Gasteiger charge is 2.21. The van der Waals surface area contributed by atoms with Crippen LogP contribution >= 0.6 is 11.3 Å². The molecule has 1 heterocycles. The van der Waals surface area contributed by atoms with Crippen molar-refractivity contribution in [3.05, 3.63) is 152 Å². The lowest BCUT2D eigenvalue weighted by Crippen LogP contribution is -2.11. The summed E-state index contributed by atoms with van der Waals surface area (Å²) in [5.74, 6) is 0. The SMILES string of the molecule is c1ccc2c(c1)cc(N(c1ccc3sc4ccccc4c3c1)c1cc3ccccc3c3ccccc13)c1ccccc12. The first-order chi connectivity index (χ1) is 20.8. The number of fused-ring (bicyclic) bond motifs is 9. The predicted octanol–water partition coefficient (Wildman–Crippen LogP) is 12.1. The van der Waals surface area contributed by atoms with Crippen molar-refractivity contribution < 1.29 is 0 Å². The first kappa shape index (κ1) is 23.5. The van der Waals surface area contributed by atoms with E-state index in [4.69, 9.17) is 0 Å². The summed E-state index contributed by atoms with van der Waals surface area (Å²) in [6.45, 7) is 0. The van der Waals surface area contributed by atoms with Crippen LogP contribution in [0.5, 0.6) is 0 Å². The summed E-state index contributed by atoms with van der Waals surface area (Å²) in [6.07, 6.45) is 0. The molecule has 0 bridgehead atoms. The van der Waals surface area contributed by atoms with E-state index < -0.39 is 0 Å². The molecule has 0 radical (unpaired) electrons. The molecule has 0 saturated heterocycles. The van der Waals surface area contributed by atoms with Crippen molar-refractivity contribution in [1.82, 2.24) is 0 Å². The van der Waals surface area contributed by atoms with E-state index in [-0.39, 0.29) is 0 Å². The Morgan fingerprint density at radius 2 is 0.786 bits per heavy atom. The Balaban J connectivity index is 1.44. The molecule has 0 aliphatic rings. The second-order valence-electron chi connectivity index (χ2n) is 10.9. The molecule has 0 N–H and O–H groups in total. The van der Waals surface area contributed by atoms with E-state index in [2.05, 4.69) is 157 Å². The van der Waals surface area contributed by atoms with Crippen LogP contribution in [-0.4, -0.2) is 0 Å². The largest absolute Gasteiger partial charge is 0.309 e. The average molecular weight is 552 g/mol. The second-order valence-corrected chi connectivity index (χ2v) is 12.0. The van der Waals surface area contributed by atoms with Crippen molar-refractivity contribution in [2.45, 2.75) is 0 Å². The highest BCUT2D eigenvalue weighted by Crippen LogP contribution is 2.47. The molecule has 0 spiro atoms. The van der Waals surface area contributed by atoms with Crippen LogP contribution in [0.3, 0.4) is 0 Å². The van der Waals surface area contributed by atoms with Crippen LogP contribution in [0.15, 0.2) is 152 Å². The summed E-state index contributed by atoms with van der Waals surface area (Å²) in [7, 11) is 0. The van der Waals surface area contributed by atoms with E-state index in [1.165, 1.54) is 74.6 Å². The first-order valence-corrected chi connectivity index (χ1v) is 15.2. The van der Waals surface area contributed by atoms with Gasteiger partial charge in [-0.3, -0.25) is 0 Å². The van der Waals surface area contributed by atoms with Gasteiger partial charge in [0.1, 0.15) is 0 Å². The van der Waals surface area contributed by atoms with E-state index in [9.17, 15) is 0 Å². The van der Waals surface area contributed by atoms with Gasteiger partial charge in [-0.15, -0.1) is 11.3 Å².